The van der Waals surface area contributed by atoms with Gasteiger partial charge in [-0.25, -0.2) is 4.98 Å². The Morgan fingerprint density at radius 3 is 3.00 bits per heavy atom. The maximum atomic E-state index is 4.45. The van der Waals surface area contributed by atoms with E-state index in [0.29, 0.717) is 0 Å². The van der Waals surface area contributed by atoms with Crippen molar-refractivity contribution in [3.63, 3.8) is 0 Å². The summed E-state index contributed by atoms with van der Waals surface area (Å²) < 4.78 is 1.07. The minimum atomic E-state index is 0.120. The average Bonchev–Trinajstić information content (AvgIpc) is 2.19. The van der Waals surface area contributed by atoms with E-state index in [1.54, 1.807) is 0 Å². The Morgan fingerprint density at radius 2 is 2.33 bits per heavy atom. The molecule has 3 nitrogen and oxygen atoms in total. The van der Waals surface area contributed by atoms with Gasteiger partial charge in [0.15, 0.2) is 0 Å². The monoisotopic (exact) mass is 269 g/mol. The van der Waals surface area contributed by atoms with E-state index in [1.165, 1.54) is 0 Å². The van der Waals surface area contributed by atoms with Gasteiger partial charge in [0.2, 0.25) is 0 Å². The highest BCUT2D eigenvalue weighted by molar-refractivity contribution is 9.10. The van der Waals surface area contributed by atoms with Crippen LogP contribution in [0.4, 0.5) is 5.82 Å². The molecular weight excluding hydrogens is 254 g/mol. The molecule has 2 heterocycles. The van der Waals surface area contributed by atoms with Crippen molar-refractivity contribution in [2.75, 3.05) is 24.5 Å². The Hall–Kier alpha value is -0.610. The van der Waals surface area contributed by atoms with Crippen molar-refractivity contribution in [3.05, 3.63) is 22.8 Å². The topological polar surface area (TPSA) is 28.2 Å². The maximum absolute atomic E-state index is 4.45. The second kappa shape index (κ2) is 4.10. The fourth-order valence-electron chi connectivity index (χ4n) is 1.95. The molecule has 0 saturated carbocycles. The first kappa shape index (κ1) is 10.9. The molecule has 0 bridgehead atoms. The van der Waals surface area contributed by atoms with E-state index in [9.17, 15) is 0 Å². The van der Waals surface area contributed by atoms with Crippen LogP contribution in [-0.4, -0.2) is 30.2 Å². The highest BCUT2D eigenvalue weighted by Crippen LogP contribution is 2.29. The first-order chi connectivity index (χ1) is 7.11. The lowest BCUT2D eigenvalue weighted by Gasteiger charge is -2.44. The SMILES string of the molecule is CC1(C)CNCCN1c1ncccc1Br. The number of anilines is 1. The number of nitrogens with one attached hydrogen (secondary N) is 1. The second-order valence-electron chi connectivity index (χ2n) is 4.45. The smallest absolute Gasteiger partial charge is 0.143 e. The van der Waals surface area contributed by atoms with Crippen LogP contribution in [0, 0.1) is 0 Å². The number of halogens is 1. The largest absolute Gasteiger partial charge is 0.348 e. The van der Waals surface area contributed by atoms with Crippen LogP contribution in [0.1, 0.15) is 13.8 Å². The molecule has 4 heteroatoms. The van der Waals surface area contributed by atoms with Crippen molar-refractivity contribution in [2.45, 2.75) is 19.4 Å². The molecule has 15 heavy (non-hydrogen) atoms. The fourth-order valence-corrected chi connectivity index (χ4v) is 2.42. The van der Waals surface area contributed by atoms with Gasteiger partial charge in [0, 0.05) is 31.4 Å². The molecule has 0 atom stereocenters. The van der Waals surface area contributed by atoms with E-state index in [1.807, 2.05) is 18.3 Å². The molecule has 1 saturated heterocycles. The summed E-state index contributed by atoms with van der Waals surface area (Å²) >= 11 is 3.56. The van der Waals surface area contributed by atoms with E-state index >= 15 is 0 Å². The normalized spacial score (nSPS) is 20.3. The van der Waals surface area contributed by atoms with Crippen LogP contribution >= 0.6 is 15.9 Å². The summed E-state index contributed by atoms with van der Waals surface area (Å²) in [5.74, 6) is 1.05. The lowest BCUT2D eigenvalue weighted by molar-refractivity contribution is 0.377. The van der Waals surface area contributed by atoms with Crippen LogP contribution in [0.15, 0.2) is 22.8 Å². The molecule has 0 radical (unpaired) electrons. The molecule has 0 aromatic carbocycles. The lowest BCUT2D eigenvalue weighted by Crippen LogP contribution is -2.58. The molecule has 0 aliphatic carbocycles. The minimum absolute atomic E-state index is 0.120. The van der Waals surface area contributed by atoms with Crippen LogP contribution in [0.2, 0.25) is 0 Å². The summed E-state index contributed by atoms with van der Waals surface area (Å²) in [6.07, 6.45) is 1.85. The molecule has 0 amide bonds. The highest BCUT2D eigenvalue weighted by Gasteiger charge is 2.31. The van der Waals surface area contributed by atoms with Gasteiger partial charge in [-0.2, -0.15) is 0 Å². The van der Waals surface area contributed by atoms with E-state index in [-0.39, 0.29) is 5.54 Å². The van der Waals surface area contributed by atoms with Crippen molar-refractivity contribution in [1.82, 2.24) is 10.3 Å². The first-order valence-corrected chi connectivity index (χ1v) is 5.99. The molecule has 1 aromatic heterocycles. The van der Waals surface area contributed by atoms with Crippen LogP contribution in [0.3, 0.4) is 0 Å². The zero-order valence-corrected chi connectivity index (χ0v) is 10.7. The van der Waals surface area contributed by atoms with Gasteiger partial charge < -0.3 is 10.2 Å². The van der Waals surface area contributed by atoms with Gasteiger partial charge in [-0.3, -0.25) is 0 Å². The third kappa shape index (κ3) is 2.16. The third-order valence-electron chi connectivity index (χ3n) is 2.80. The van der Waals surface area contributed by atoms with Gasteiger partial charge in [0.25, 0.3) is 0 Å². The van der Waals surface area contributed by atoms with Gasteiger partial charge in [-0.15, -0.1) is 0 Å². The number of nitrogens with zero attached hydrogens (tertiary/aromatic N) is 2. The zero-order chi connectivity index (χ0) is 10.9. The molecule has 1 aliphatic rings. The molecule has 1 aliphatic heterocycles. The van der Waals surface area contributed by atoms with Gasteiger partial charge in [0.1, 0.15) is 5.82 Å². The number of pyridine rings is 1. The predicted molar refractivity (Wildman–Crippen MR) is 66.2 cm³/mol. The summed E-state index contributed by atoms with van der Waals surface area (Å²) in [6.45, 7) is 7.49. The molecule has 0 unspecified atom stereocenters. The average molecular weight is 270 g/mol. The van der Waals surface area contributed by atoms with Gasteiger partial charge >= 0.3 is 0 Å². The van der Waals surface area contributed by atoms with Crippen molar-refractivity contribution in [1.29, 1.82) is 0 Å². The number of rotatable bonds is 1. The number of aromatic nitrogens is 1. The summed E-state index contributed by atoms with van der Waals surface area (Å²) in [5, 5.41) is 3.41. The molecule has 0 spiro atoms. The summed E-state index contributed by atoms with van der Waals surface area (Å²) in [7, 11) is 0. The minimum Gasteiger partial charge on any atom is -0.348 e. The van der Waals surface area contributed by atoms with Gasteiger partial charge in [0.05, 0.1) is 4.47 Å². The molecule has 1 aromatic rings. The Morgan fingerprint density at radius 1 is 1.53 bits per heavy atom. The van der Waals surface area contributed by atoms with E-state index in [2.05, 4.69) is 45.0 Å². The quantitative estimate of drug-likeness (QED) is 0.846. The number of hydrogen-bond acceptors (Lipinski definition) is 3. The summed E-state index contributed by atoms with van der Waals surface area (Å²) in [5.41, 5.74) is 0.120. The van der Waals surface area contributed by atoms with E-state index < -0.39 is 0 Å². The molecule has 2 rings (SSSR count). The molecule has 82 valence electrons. The van der Waals surface area contributed by atoms with E-state index in [4.69, 9.17) is 0 Å². The van der Waals surface area contributed by atoms with Gasteiger partial charge in [-0.05, 0) is 41.9 Å². The lowest BCUT2D eigenvalue weighted by atomic mass is 10.0. The molecule has 1 fully saturated rings. The van der Waals surface area contributed by atoms with Gasteiger partial charge in [-0.1, -0.05) is 0 Å². The van der Waals surface area contributed by atoms with Crippen molar-refractivity contribution in [2.24, 2.45) is 0 Å². The predicted octanol–water partition coefficient (Wildman–Crippen LogP) is 2.03. The van der Waals surface area contributed by atoms with E-state index in [0.717, 1.165) is 29.9 Å². The van der Waals surface area contributed by atoms with Crippen molar-refractivity contribution in [3.8, 4) is 0 Å². The molecular formula is C11H16BrN3. The summed E-state index contributed by atoms with van der Waals surface area (Å²) in [4.78, 5) is 6.80. The number of hydrogen-bond donors (Lipinski definition) is 1. The Bertz CT molecular complexity index is 351. The standard InChI is InChI=1S/C11H16BrN3/c1-11(2)8-13-6-7-15(11)10-9(12)4-3-5-14-10/h3-5,13H,6-8H2,1-2H3. The first-order valence-electron chi connectivity index (χ1n) is 5.20. The summed E-state index contributed by atoms with van der Waals surface area (Å²) in [6, 6.07) is 3.99. The van der Waals surface area contributed by atoms with Crippen molar-refractivity contribution < 1.29 is 0 Å². The maximum Gasteiger partial charge on any atom is 0.143 e. The van der Waals surface area contributed by atoms with Crippen LogP contribution in [-0.2, 0) is 0 Å². The Kier molecular flexibility index (Phi) is 2.98. The third-order valence-corrected chi connectivity index (χ3v) is 3.41. The zero-order valence-electron chi connectivity index (χ0n) is 9.13. The molecule has 1 N–H and O–H groups in total. The number of piperazine rings is 1. The van der Waals surface area contributed by atoms with Crippen molar-refractivity contribution >= 4 is 21.7 Å². The fraction of sp³-hybridized carbons (Fsp3) is 0.545. The second-order valence-corrected chi connectivity index (χ2v) is 5.30. The highest BCUT2D eigenvalue weighted by atomic mass is 79.9. The van der Waals surface area contributed by atoms with Crippen LogP contribution in [0.25, 0.3) is 0 Å². The Balaban J connectivity index is 2.33. The van der Waals surface area contributed by atoms with Crippen LogP contribution in [0.5, 0.6) is 0 Å². The Labute approximate surface area is 99.0 Å². The van der Waals surface area contributed by atoms with Crippen LogP contribution < -0.4 is 10.2 Å².